The number of nitrogens with zero attached hydrogens (tertiary/aromatic N) is 3. The summed E-state index contributed by atoms with van der Waals surface area (Å²) in [6.45, 7) is 7.48. The summed E-state index contributed by atoms with van der Waals surface area (Å²) in [5.74, 6) is 0. The lowest BCUT2D eigenvalue weighted by atomic mass is 9.98. The van der Waals surface area contributed by atoms with E-state index in [4.69, 9.17) is 16.3 Å². The summed E-state index contributed by atoms with van der Waals surface area (Å²) in [4.78, 5) is 17.6. The monoisotopic (exact) mass is 559 g/mol. The molecule has 1 aliphatic rings. The van der Waals surface area contributed by atoms with Crippen molar-refractivity contribution in [3.05, 3.63) is 47.0 Å². The lowest BCUT2D eigenvalue weighted by molar-refractivity contribution is -0.137. The number of sulfonamides is 1. The molecule has 0 aliphatic carbocycles. The molecule has 0 N–H and O–H groups in total. The van der Waals surface area contributed by atoms with Gasteiger partial charge in [0.25, 0.3) is 0 Å². The number of carbonyl (C=O) groups is 1. The van der Waals surface area contributed by atoms with Crippen LogP contribution in [0.2, 0.25) is 5.02 Å². The quantitative estimate of drug-likeness (QED) is 0.398. The molecule has 37 heavy (non-hydrogen) atoms. The van der Waals surface area contributed by atoms with Crippen LogP contribution in [0.4, 0.5) is 23.7 Å². The Labute approximate surface area is 219 Å². The van der Waals surface area contributed by atoms with Crippen LogP contribution in [-0.4, -0.2) is 61.7 Å². The molecule has 0 aromatic heterocycles. The standard InChI is InChI=1S/C25H29ClF3N3O4S/c1-5-10-30-18-15-20(25(27,28)29)22(21(26)16-18)17-6-8-19(9-7-17)37(34,35)32-13-11-31(12-14-32)23(33)36-24(2,3)4/h6-10,15-16H,5,11-14H2,1-4H3. The van der Waals surface area contributed by atoms with Crippen LogP contribution in [0.3, 0.4) is 0 Å². The Kier molecular flexibility index (Phi) is 8.60. The zero-order valence-electron chi connectivity index (χ0n) is 21.0. The summed E-state index contributed by atoms with van der Waals surface area (Å²) in [6, 6.07) is 7.37. The van der Waals surface area contributed by atoms with Gasteiger partial charge in [0.1, 0.15) is 5.60 Å². The third-order valence-corrected chi connectivity index (χ3v) is 7.69. The van der Waals surface area contributed by atoms with Gasteiger partial charge in [-0.2, -0.15) is 17.5 Å². The summed E-state index contributed by atoms with van der Waals surface area (Å²) >= 11 is 6.24. The van der Waals surface area contributed by atoms with E-state index in [1.165, 1.54) is 45.8 Å². The van der Waals surface area contributed by atoms with Crippen molar-refractivity contribution in [2.45, 2.75) is 50.8 Å². The van der Waals surface area contributed by atoms with E-state index in [1.54, 1.807) is 27.7 Å². The minimum Gasteiger partial charge on any atom is -0.444 e. The van der Waals surface area contributed by atoms with E-state index in [-0.39, 0.29) is 52.9 Å². The van der Waals surface area contributed by atoms with Crippen molar-refractivity contribution in [3.63, 3.8) is 0 Å². The fraction of sp³-hybridized carbons (Fsp3) is 0.440. The SMILES string of the molecule is CCC=Nc1cc(Cl)c(-c2ccc(S(=O)(=O)N3CCN(C(=O)OC(C)(C)C)CC3)cc2)c(C(F)(F)F)c1. The fourth-order valence-electron chi connectivity index (χ4n) is 3.76. The van der Waals surface area contributed by atoms with Gasteiger partial charge in [-0.15, -0.1) is 0 Å². The molecule has 3 rings (SSSR count). The Hall–Kier alpha value is -2.63. The summed E-state index contributed by atoms with van der Waals surface area (Å²) in [5, 5.41) is -0.146. The maximum Gasteiger partial charge on any atom is 0.417 e. The molecule has 7 nitrogen and oxygen atoms in total. The molecule has 1 fully saturated rings. The number of hydrogen-bond acceptors (Lipinski definition) is 5. The van der Waals surface area contributed by atoms with E-state index in [2.05, 4.69) is 4.99 Å². The summed E-state index contributed by atoms with van der Waals surface area (Å²) < 4.78 is 74.4. The maximum atomic E-state index is 13.9. The van der Waals surface area contributed by atoms with E-state index < -0.39 is 33.5 Å². The van der Waals surface area contributed by atoms with Gasteiger partial charge in [0.15, 0.2) is 0 Å². The first-order valence-corrected chi connectivity index (χ1v) is 13.5. The van der Waals surface area contributed by atoms with E-state index in [9.17, 15) is 26.4 Å². The molecule has 0 spiro atoms. The van der Waals surface area contributed by atoms with Crippen LogP contribution in [0, 0.1) is 0 Å². The Morgan fingerprint density at radius 2 is 1.68 bits per heavy atom. The first kappa shape index (κ1) is 28.9. The molecule has 0 bridgehead atoms. The van der Waals surface area contributed by atoms with Gasteiger partial charge in [0, 0.05) is 38.0 Å². The highest BCUT2D eigenvalue weighted by atomic mass is 35.5. The molecule has 0 unspecified atom stereocenters. The van der Waals surface area contributed by atoms with Gasteiger partial charge >= 0.3 is 12.3 Å². The maximum absolute atomic E-state index is 13.9. The number of carbonyl (C=O) groups excluding carboxylic acids is 1. The zero-order chi connectivity index (χ0) is 27.6. The van der Waals surface area contributed by atoms with Crippen molar-refractivity contribution in [2.75, 3.05) is 26.2 Å². The van der Waals surface area contributed by atoms with Crippen molar-refractivity contribution >= 4 is 39.6 Å². The molecular weight excluding hydrogens is 531 g/mol. The van der Waals surface area contributed by atoms with Crippen molar-refractivity contribution in [3.8, 4) is 11.1 Å². The largest absolute Gasteiger partial charge is 0.444 e. The molecular formula is C25H29ClF3N3O4S. The highest BCUT2D eigenvalue weighted by Crippen LogP contribution is 2.43. The number of alkyl halides is 3. The normalized spacial score (nSPS) is 15.8. The molecule has 1 heterocycles. The number of rotatable bonds is 5. The van der Waals surface area contributed by atoms with Gasteiger partial charge in [-0.3, -0.25) is 4.99 Å². The minimum absolute atomic E-state index is 0.0626. The van der Waals surface area contributed by atoms with Gasteiger partial charge in [0.05, 0.1) is 21.2 Å². The Balaban J connectivity index is 1.84. The average molecular weight is 560 g/mol. The first-order valence-electron chi connectivity index (χ1n) is 11.7. The molecule has 0 saturated carbocycles. The topological polar surface area (TPSA) is 79.3 Å². The lowest BCUT2D eigenvalue weighted by Crippen LogP contribution is -2.51. The fourth-order valence-corrected chi connectivity index (χ4v) is 5.51. The number of benzene rings is 2. The Bertz CT molecular complexity index is 1270. The van der Waals surface area contributed by atoms with Crippen LogP contribution in [0.5, 0.6) is 0 Å². The molecule has 1 saturated heterocycles. The number of amides is 1. The lowest BCUT2D eigenvalue weighted by Gasteiger charge is -2.35. The number of hydrogen-bond donors (Lipinski definition) is 0. The zero-order valence-corrected chi connectivity index (χ0v) is 22.5. The molecule has 202 valence electrons. The summed E-state index contributed by atoms with van der Waals surface area (Å²) in [6.07, 6.45) is -3.18. The predicted octanol–water partition coefficient (Wildman–Crippen LogP) is 6.38. The Morgan fingerprint density at radius 3 is 2.19 bits per heavy atom. The number of halogens is 4. The van der Waals surface area contributed by atoms with Crippen LogP contribution < -0.4 is 0 Å². The second kappa shape index (κ2) is 11.0. The highest BCUT2D eigenvalue weighted by Gasteiger charge is 2.36. The summed E-state index contributed by atoms with van der Waals surface area (Å²) in [7, 11) is -3.93. The van der Waals surface area contributed by atoms with Crippen LogP contribution in [-0.2, 0) is 20.9 Å². The molecule has 2 aromatic carbocycles. The summed E-state index contributed by atoms with van der Waals surface area (Å²) in [5.41, 5.74) is -1.68. The van der Waals surface area contributed by atoms with Gasteiger partial charge < -0.3 is 9.64 Å². The van der Waals surface area contributed by atoms with Gasteiger partial charge in [0.2, 0.25) is 10.0 Å². The smallest absolute Gasteiger partial charge is 0.417 e. The third-order valence-electron chi connectivity index (χ3n) is 5.47. The van der Waals surface area contributed by atoms with E-state index in [0.29, 0.717) is 6.42 Å². The van der Waals surface area contributed by atoms with Crippen LogP contribution in [0.25, 0.3) is 11.1 Å². The number of ether oxygens (including phenoxy) is 1. The van der Waals surface area contributed by atoms with Gasteiger partial charge in [-0.05, 0) is 57.0 Å². The first-order chi connectivity index (χ1) is 17.1. The van der Waals surface area contributed by atoms with Crippen molar-refractivity contribution in [1.82, 2.24) is 9.21 Å². The molecule has 0 atom stereocenters. The predicted molar refractivity (Wildman–Crippen MR) is 137 cm³/mol. The molecule has 2 aromatic rings. The van der Waals surface area contributed by atoms with Gasteiger partial charge in [-0.1, -0.05) is 30.7 Å². The van der Waals surface area contributed by atoms with Gasteiger partial charge in [-0.25, -0.2) is 13.2 Å². The second-order valence-corrected chi connectivity index (χ2v) is 11.8. The molecule has 1 amide bonds. The number of aliphatic imine (C=N–C) groups is 1. The van der Waals surface area contributed by atoms with E-state index in [1.807, 2.05) is 0 Å². The Morgan fingerprint density at radius 1 is 1.08 bits per heavy atom. The molecule has 1 aliphatic heterocycles. The van der Waals surface area contributed by atoms with E-state index in [0.717, 1.165) is 6.07 Å². The third kappa shape index (κ3) is 7.03. The number of piperazine rings is 1. The van der Waals surface area contributed by atoms with Crippen molar-refractivity contribution < 1.29 is 31.1 Å². The van der Waals surface area contributed by atoms with Crippen LogP contribution >= 0.6 is 11.6 Å². The van der Waals surface area contributed by atoms with E-state index >= 15 is 0 Å². The molecule has 0 radical (unpaired) electrons. The molecule has 12 heteroatoms. The minimum atomic E-state index is -4.70. The highest BCUT2D eigenvalue weighted by molar-refractivity contribution is 7.89. The van der Waals surface area contributed by atoms with Crippen LogP contribution in [0.1, 0.15) is 39.7 Å². The van der Waals surface area contributed by atoms with Crippen molar-refractivity contribution in [2.24, 2.45) is 4.99 Å². The average Bonchev–Trinajstić information content (AvgIpc) is 2.81. The van der Waals surface area contributed by atoms with Crippen LogP contribution in [0.15, 0.2) is 46.3 Å². The van der Waals surface area contributed by atoms with Crippen molar-refractivity contribution in [1.29, 1.82) is 0 Å². The second-order valence-electron chi connectivity index (χ2n) is 9.46.